The van der Waals surface area contributed by atoms with E-state index < -0.39 is 11.7 Å². The van der Waals surface area contributed by atoms with Crippen LogP contribution in [0.15, 0.2) is 18.2 Å². The Bertz CT molecular complexity index is 623. The van der Waals surface area contributed by atoms with Crippen LogP contribution in [0.25, 0.3) is 11.0 Å². The Labute approximate surface area is 101 Å². The van der Waals surface area contributed by atoms with Crippen molar-refractivity contribution in [3.8, 4) is 0 Å². The molecule has 0 amide bonds. The molecule has 2 N–H and O–H groups in total. The molecule has 2 aromatic rings. The molecule has 6 heteroatoms. The van der Waals surface area contributed by atoms with Crippen molar-refractivity contribution in [1.29, 1.82) is 0 Å². The van der Waals surface area contributed by atoms with Gasteiger partial charge in [-0.1, -0.05) is 6.07 Å². The zero-order chi connectivity index (χ0) is 13.1. The summed E-state index contributed by atoms with van der Waals surface area (Å²) in [6, 6.07) is 5.17. The number of nitrogens with zero attached hydrogens (tertiary/aromatic N) is 2. The number of aryl methyl sites for hydroxylation is 1. The third kappa shape index (κ3) is 1.34. The monoisotopic (exact) mass is 255 g/mol. The zero-order valence-corrected chi connectivity index (χ0v) is 9.75. The fourth-order valence-electron chi connectivity index (χ4n) is 2.41. The fourth-order valence-corrected chi connectivity index (χ4v) is 2.41. The first-order chi connectivity index (χ1) is 8.35. The SMILES string of the molecule is Cc1ccc2c(c1)nc(N)n2C1(C(F)(F)F)CC1. The number of rotatable bonds is 1. The number of alkyl halides is 3. The lowest BCUT2D eigenvalue weighted by molar-refractivity contribution is -0.178. The molecule has 0 spiro atoms. The Hall–Kier alpha value is -1.72. The Kier molecular flexibility index (Phi) is 2.01. The second-order valence-corrected chi connectivity index (χ2v) is 4.83. The van der Waals surface area contributed by atoms with E-state index in [1.165, 1.54) is 0 Å². The lowest BCUT2D eigenvalue weighted by atomic mass is 10.2. The van der Waals surface area contributed by atoms with Crippen LogP contribution < -0.4 is 5.73 Å². The molecule has 1 aliphatic rings. The van der Waals surface area contributed by atoms with E-state index in [1.54, 1.807) is 18.2 Å². The molecule has 3 nitrogen and oxygen atoms in total. The van der Waals surface area contributed by atoms with Gasteiger partial charge in [-0.05, 0) is 37.5 Å². The van der Waals surface area contributed by atoms with Gasteiger partial charge in [0.1, 0.15) is 5.54 Å². The minimum atomic E-state index is -4.29. The van der Waals surface area contributed by atoms with Crippen molar-refractivity contribution < 1.29 is 13.2 Å². The number of nitrogens with two attached hydrogens (primary N) is 1. The summed E-state index contributed by atoms with van der Waals surface area (Å²) in [4.78, 5) is 4.03. The number of nitrogen functional groups attached to an aromatic ring is 1. The quantitative estimate of drug-likeness (QED) is 0.851. The minimum absolute atomic E-state index is 0.0644. The van der Waals surface area contributed by atoms with Crippen LogP contribution in [-0.4, -0.2) is 15.7 Å². The third-order valence-electron chi connectivity index (χ3n) is 3.52. The van der Waals surface area contributed by atoms with Crippen molar-refractivity contribution in [2.75, 3.05) is 5.73 Å². The van der Waals surface area contributed by atoms with E-state index in [4.69, 9.17) is 5.73 Å². The first-order valence-corrected chi connectivity index (χ1v) is 5.67. The maximum Gasteiger partial charge on any atom is 0.412 e. The summed E-state index contributed by atoms with van der Waals surface area (Å²) in [5.74, 6) is -0.0644. The Morgan fingerprint density at radius 2 is 2.00 bits per heavy atom. The van der Waals surface area contributed by atoms with Gasteiger partial charge in [0.05, 0.1) is 11.0 Å². The smallest absolute Gasteiger partial charge is 0.369 e. The lowest BCUT2D eigenvalue weighted by Crippen LogP contribution is -2.35. The van der Waals surface area contributed by atoms with E-state index >= 15 is 0 Å². The maximum atomic E-state index is 13.1. The van der Waals surface area contributed by atoms with E-state index in [2.05, 4.69) is 4.98 Å². The van der Waals surface area contributed by atoms with Gasteiger partial charge in [0.2, 0.25) is 5.95 Å². The van der Waals surface area contributed by atoms with Gasteiger partial charge in [0.15, 0.2) is 0 Å². The van der Waals surface area contributed by atoms with Gasteiger partial charge in [0, 0.05) is 0 Å². The van der Waals surface area contributed by atoms with Crippen LogP contribution in [0.1, 0.15) is 18.4 Å². The first kappa shape index (κ1) is 11.4. The maximum absolute atomic E-state index is 13.1. The molecule has 0 bridgehead atoms. The number of benzene rings is 1. The predicted molar refractivity (Wildman–Crippen MR) is 62.1 cm³/mol. The molecule has 1 aromatic heterocycles. The number of hydrogen-bond acceptors (Lipinski definition) is 2. The Morgan fingerprint density at radius 1 is 1.33 bits per heavy atom. The number of imidazole rings is 1. The van der Waals surface area contributed by atoms with Crippen LogP contribution in [0.2, 0.25) is 0 Å². The van der Waals surface area contributed by atoms with Gasteiger partial charge in [-0.3, -0.25) is 4.57 Å². The van der Waals surface area contributed by atoms with Gasteiger partial charge >= 0.3 is 6.18 Å². The Balaban J connectivity index is 2.27. The highest BCUT2D eigenvalue weighted by molar-refractivity contribution is 5.79. The number of anilines is 1. The highest BCUT2D eigenvalue weighted by Gasteiger charge is 2.65. The van der Waals surface area contributed by atoms with E-state index in [9.17, 15) is 13.2 Å². The van der Waals surface area contributed by atoms with Crippen LogP contribution in [0.5, 0.6) is 0 Å². The lowest BCUT2D eigenvalue weighted by Gasteiger charge is -2.22. The molecule has 0 radical (unpaired) electrons. The molecule has 1 aromatic carbocycles. The molecular formula is C12H12F3N3. The van der Waals surface area contributed by atoms with Crippen LogP contribution >= 0.6 is 0 Å². The third-order valence-corrected chi connectivity index (χ3v) is 3.52. The van der Waals surface area contributed by atoms with E-state index in [1.807, 2.05) is 6.92 Å². The number of hydrogen-bond donors (Lipinski definition) is 1. The number of fused-ring (bicyclic) bond motifs is 1. The standard InChI is InChI=1S/C12H12F3N3/c1-7-2-3-9-8(6-7)17-10(16)18(9)11(4-5-11)12(13,14)15/h2-3,6H,4-5H2,1H3,(H2,16,17). The van der Waals surface area contributed by atoms with Crippen molar-refractivity contribution in [2.45, 2.75) is 31.5 Å². The molecule has 1 aliphatic carbocycles. The summed E-state index contributed by atoms with van der Waals surface area (Å²) < 4.78 is 40.6. The molecule has 0 aliphatic heterocycles. The molecule has 0 saturated heterocycles. The van der Waals surface area contributed by atoms with E-state index in [-0.39, 0.29) is 18.8 Å². The van der Waals surface area contributed by atoms with E-state index in [0.717, 1.165) is 10.1 Å². The Morgan fingerprint density at radius 3 is 2.56 bits per heavy atom. The molecule has 96 valence electrons. The largest absolute Gasteiger partial charge is 0.412 e. The van der Waals surface area contributed by atoms with Crippen molar-refractivity contribution in [3.63, 3.8) is 0 Å². The molecule has 1 saturated carbocycles. The number of aromatic nitrogens is 2. The van der Waals surface area contributed by atoms with E-state index in [0.29, 0.717) is 11.0 Å². The van der Waals surface area contributed by atoms with Gasteiger partial charge in [-0.2, -0.15) is 13.2 Å². The summed E-state index contributed by atoms with van der Waals surface area (Å²) >= 11 is 0. The molecule has 18 heavy (non-hydrogen) atoms. The summed E-state index contributed by atoms with van der Waals surface area (Å²) in [6.07, 6.45) is -4.15. The first-order valence-electron chi connectivity index (χ1n) is 5.67. The molecule has 3 rings (SSSR count). The second-order valence-electron chi connectivity index (χ2n) is 4.83. The topological polar surface area (TPSA) is 43.8 Å². The van der Waals surface area contributed by atoms with Crippen molar-refractivity contribution in [2.24, 2.45) is 0 Å². The van der Waals surface area contributed by atoms with Gasteiger partial charge in [0.25, 0.3) is 0 Å². The average Bonchev–Trinajstić information content (AvgIpc) is 2.97. The molecule has 0 unspecified atom stereocenters. The van der Waals surface area contributed by atoms with Crippen molar-refractivity contribution in [1.82, 2.24) is 9.55 Å². The normalized spacial score (nSPS) is 18.2. The van der Waals surface area contributed by atoms with Crippen LogP contribution in [-0.2, 0) is 5.54 Å². The predicted octanol–water partition coefficient (Wildman–Crippen LogP) is 2.98. The zero-order valence-electron chi connectivity index (χ0n) is 9.75. The van der Waals surface area contributed by atoms with Gasteiger partial charge in [-0.15, -0.1) is 0 Å². The molecule has 1 fully saturated rings. The van der Waals surface area contributed by atoms with Crippen LogP contribution in [0.3, 0.4) is 0 Å². The number of halogens is 3. The van der Waals surface area contributed by atoms with Gasteiger partial charge in [-0.25, -0.2) is 4.98 Å². The second kappa shape index (κ2) is 3.18. The minimum Gasteiger partial charge on any atom is -0.369 e. The molecule has 1 heterocycles. The summed E-state index contributed by atoms with van der Waals surface area (Å²) in [5.41, 5.74) is 5.75. The highest BCUT2D eigenvalue weighted by atomic mass is 19.4. The average molecular weight is 255 g/mol. The highest BCUT2D eigenvalue weighted by Crippen LogP contribution is 2.57. The summed E-state index contributed by atoms with van der Waals surface area (Å²) in [6.45, 7) is 1.87. The molecular weight excluding hydrogens is 243 g/mol. The molecule has 0 atom stereocenters. The van der Waals surface area contributed by atoms with Crippen molar-refractivity contribution in [3.05, 3.63) is 23.8 Å². The summed E-state index contributed by atoms with van der Waals surface area (Å²) in [7, 11) is 0. The van der Waals surface area contributed by atoms with Crippen LogP contribution in [0.4, 0.5) is 19.1 Å². The summed E-state index contributed by atoms with van der Waals surface area (Å²) in [5, 5.41) is 0. The van der Waals surface area contributed by atoms with Gasteiger partial charge < -0.3 is 5.73 Å². The van der Waals surface area contributed by atoms with Crippen LogP contribution in [0, 0.1) is 6.92 Å². The van der Waals surface area contributed by atoms with Crippen molar-refractivity contribution >= 4 is 17.0 Å². The fraction of sp³-hybridized carbons (Fsp3) is 0.417.